The van der Waals surface area contributed by atoms with Crippen molar-refractivity contribution in [1.29, 1.82) is 10.5 Å². The lowest BCUT2D eigenvalue weighted by molar-refractivity contribution is 0.168. The Bertz CT molecular complexity index is 469. The highest BCUT2D eigenvalue weighted by Crippen LogP contribution is 2.41. The van der Waals surface area contributed by atoms with Crippen LogP contribution in [0.1, 0.15) is 24.8 Å². The van der Waals surface area contributed by atoms with Crippen molar-refractivity contribution in [2.75, 3.05) is 0 Å². The first-order chi connectivity index (χ1) is 8.70. The molecule has 3 heteroatoms. The normalized spacial score (nSPS) is 23.3. The highest BCUT2D eigenvalue weighted by molar-refractivity contribution is 5.26. The number of rotatable bonds is 3. The Morgan fingerprint density at radius 2 is 1.83 bits per heavy atom. The minimum Gasteiger partial charge on any atom is -0.393 e. The number of hydrogen-bond donors (Lipinski definition) is 1. The van der Waals surface area contributed by atoms with Crippen molar-refractivity contribution < 1.29 is 5.11 Å². The lowest BCUT2D eigenvalue weighted by atomic mass is 9.72. The van der Waals surface area contributed by atoms with Gasteiger partial charge < -0.3 is 5.11 Å². The van der Waals surface area contributed by atoms with Gasteiger partial charge in [-0.2, -0.15) is 10.5 Å². The Morgan fingerprint density at radius 1 is 1.17 bits per heavy atom. The number of benzene rings is 1. The monoisotopic (exact) mass is 240 g/mol. The standard InChI is InChI=1S/C15H16N2O/c16-10-15(11-17,13-6-7-14(18)8-13)9-12-4-2-1-3-5-12/h1-5,13-14,18H,6-9H2. The third-order valence-corrected chi connectivity index (χ3v) is 3.83. The molecule has 1 aliphatic carbocycles. The SMILES string of the molecule is N#CC(C#N)(Cc1ccccc1)C1CCC(O)C1. The highest BCUT2D eigenvalue weighted by Gasteiger charge is 2.43. The molecule has 2 rings (SSSR count). The summed E-state index contributed by atoms with van der Waals surface area (Å²) in [7, 11) is 0. The molecule has 0 bridgehead atoms. The van der Waals surface area contributed by atoms with Crippen LogP contribution >= 0.6 is 0 Å². The fourth-order valence-corrected chi connectivity index (χ4v) is 2.75. The van der Waals surface area contributed by atoms with Gasteiger partial charge >= 0.3 is 0 Å². The van der Waals surface area contributed by atoms with Crippen molar-refractivity contribution in [1.82, 2.24) is 0 Å². The molecule has 2 unspecified atom stereocenters. The molecule has 1 saturated carbocycles. The van der Waals surface area contributed by atoms with E-state index in [-0.39, 0.29) is 12.0 Å². The minimum atomic E-state index is -1.00. The molecule has 0 amide bonds. The van der Waals surface area contributed by atoms with Gasteiger partial charge in [0.15, 0.2) is 5.41 Å². The van der Waals surface area contributed by atoms with Crippen molar-refractivity contribution in [2.45, 2.75) is 31.8 Å². The van der Waals surface area contributed by atoms with Gasteiger partial charge in [-0.15, -0.1) is 0 Å². The molecule has 1 N–H and O–H groups in total. The van der Waals surface area contributed by atoms with Crippen molar-refractivity contribution in [3.05, 3.63) is 35.9 Å². The molecule has 18 heavy (non-hydrogen) atoms. The molecule has 0 aliphatic heterocycles. The van der Waals surface area contributed by atoms with E-state index in [1.807, 2.05) is 30.3 Å². The van der Waals surface area contributed by atoms with E-state index in [2.05, 4.69) is 12.1 Å². The summed E-state index contributed by atoms with van der Waals surface area (Å²) in [6.07, 6.45) is 2.11. The first-order valence-corrected chi connectivity index (χ1v) is 6.24. The van der Waals surface area contributed by atoms with Crippen LogP contribution in [0.2, 0.25) is 0 Å². The van der Waals surface area contributed by atoms with E-state index in [0.717, 1.165) is 12.0 Å². The molecule has 1 aliphatic rings. The summed E-state index contributed by atoms with van der Waals surface area (Å²) in [6.45, 7) is 0. The molecule has 1 fully saturated rings. The van der Waals surface area contributed by atoms with Crippen LogP contribution in [0.3, 0.4) is 0 Å². The van der Waals surface area contributed by atoms with Crippen molar-refractivity contribution in [3.8, 4) is 12.1 Å². The van der Waals surface area contributed by atoms with Gasteiger partial charge in [0.25, 0.3) is 0 Å². The first kappa shape index (κ1) is 12.6. The number of nitrogens with zero attached hydrogens (tertiary/aromatic N) is 2. The van der Waals surface area contributed by atoms with Crippen LogP contribution in [0.4, 0.5) is 0 Å². The molecule has 0 spiro atoms. The molecule has 0 saturated heterocycles. The predicted octanol–water partition coefficient (Wildman–Crippen LogP) is 2.42. The molecular formula is C15H16N2O. The van der Waals surface area contributed by atoms with Gasteiger partial charge in [0.2, 0.25) is 0 Å². The second-order valence-corrected chi connectivity index (χ2v) is 5.02. The van der Waals surface area contributed by atoms with Crippen molar-refractivity contribution in [3.63, 3.8) is 0 Å². The van der Waals surface area contributed by atoms with E-state index in [4.69, 9.17) is 0 Å². The Balaban J connectivity index is 2.23. The highest BCUT2D eigenvalue weighted by atomic mass is 16.3. The van der Waals surface area contributed by atoms with Gasteiger partial charge in [-0.25, -0.2) is 0 Å². The maximum Gasteiger partial charge on any atom is 0.150 e. The number of nitriles is 2. The van der Waals surface area contributed by atoms with Gasteiger partial charge in [-0.1, -0.05) is 30.3 Å². The fourth-order valence-electron chi connectivity index (χ4n) is 2.75. The summed E-state index contributed by atoms with van der Waals surface area (Å²) >= 11 is 0. The van der Waals surface area contributed by atoms with Crippen LogP contribution in [-0.2, 0) is 6.42 Å². The maximum absolute atomic E-state index is 9.60. The molecule has 0 radical (unpaired) electrons. The lowest BCUT2D eigenvalue weighted by Gasteiger charge is -2.25. The molecule has 1 aromatic carbocycles. The zero-order valence-electron chi connectivity index (χ0n) is 10.2. The van der Waals surface area contributed by atoms with E-state index in [0.29, 0.717) is 19.3 Å². The second kappa shape index (κ2) is 5.21. The third kappa shape index (κ3) is 2.37. The first-order valence-electron chi connectivity index (χ1n) is 6.24. The maximum atomic E-state index is 9.60. The topological polar surface area (TPSA) is 67.8 Å². The summed E-state index contributed by atoms with van der Waals surface area (Å²) in [5.74, 6) is -0.0253. The van der Waals surface area contributed by atoms with Crippen LogP contribution in [0.5, 0.6) is 0 Å². The van der Waals surface area contributed by atoms with Gasteiger partial charge in [0.1, 0.15) is 0 Å². The van der Waals surface area contributed by atoms with Crippen LogP contribution in [-0.4, -0.2) is 11.2 Å². The summed E-state index contributed by atoms with van der Waals surface area (Å²) in [4.78, 5) is 0. The Kier molecular flexibility index (Phi) is 3.65. The van der Waals surface area contributed by atoms with Crippen molar-refractivity contribution in [2.24, 2.45) is 11.3 Å². The zero-order chi connectivity index (χ0) is 13.0. The average Bonchev–Trinajstić information content (AvgIpc) is 2.84. The van der Waals surface area contributed by atoms with Crippen LogP contribution in [0, 0.1) is 34.0 Å². The Hall–Kier alpha value is -1.84. The molecule has 0 aromatic heterocycles. The molecule has 92 valence electrons. The van der Waals surface area contributed by atoms with E-state index < -0.39 is 5.41 Å². The minimum absolute atomic E-state index is 0.0253. The van der Waals surface area contributed by atoms with Crippen LogP contribution in [0.25, 0.3) is 0 Å². The van der Waals surface area contributed by atoms with E-state index >= 15 is 0 Å². The van der Waals surface area contributed by atoms with Crippen molar-refractivity contribution >= 4 is 0 Å². The smallest absolute Gasteiger partial charge is 0.150 e. The molecule has 1 aromatic rings. The summed E-state index contributed by atoms with van der Waals surface area (Å²) in [6, 6.07) is 14.0. The molecule has 3 nitrogen and oxygen atoms in total. The zero-order valence-corrected chi connectivity index (χ0v) is 10.2. The number of hydrogen-bond acceptors (Lipinski definition) is 3. The van der Waals surface area contributed by atoms with Gasteiger partial charge in [0, 0.05) is 6.42 Å². The van der Waals surface area contributed by atoms with E-state index in [1.165, 1.54) is 0 Å². The third-order valence-electron chi connectivity index (χ3n) is 3.83. The van der Waals surface area contributed by atoms with Crippen LogP contribution < -0.4 is 0 Å². The van der Waals surface area contributed by atoms with Crippen LogP contribution in [0.15, 0.2) is 30.3 Å². The van der Waals surface area contributed by atoms with Gasteiger partial charge in [-0.3, -0.25) is 0 Å². The van der Waals surface area contributed by atoms with E-state index in [1.54, 1.807) is 0 Å². The molecule has 2 atom stereocenters. The number of aliphatic hydroxyl groups is 1. The predicted molar refractivity (Wildman–Crippen MR) is 67.2 cm³/mol. The van der Waals surface area contributed by atoms with Gasteiger partial charge in [-0.05, 0) is 30.7 Å². The van der Waals surface area contributed by atoms with E-state index in [9.17, 15) is 15.6 Å². The summed E-state index contributed by atoms with van der Waals surface area (Å²) in [5.41, 5.74) is 0.000685. The lowest BCUT2D eigenvalue weighted by Crippen LogP contribution is -2.29. The fraction of sp³-hybridized carbons (Fsp3) is 0.467. The Labute approximate surface area is 107 Å². The average molecular weight is 240 g/mol. The van der Waals surface area contributed by atoms with Gasteiger partial charge in [0.05, 0.1) is 18.2 Å². The molecule has 0 heterocycles. The Morgan fingerprint density at radius 3 is 2.33 bits per heavy atom. The molecular weight excluding hydrogens is 224 g/mol. The summed E-state index contributed by atoms with van der Waals surface area (Å²) in [5, 5.41) is 28.5. The second-order valence-electron chi connectivity index (χ2n) is 5.02. The summed E-state index contributed by atoms with van der Waals surface area (Å²) < 4.78 is 0. The quantitative estimate of drug-likeness (QED) is 0.882. The largest absolute Gasteiger partial charge is 0.393 e. The number of aliphatic hydroxyl groups excluding tert-OH is 1.